The van der Waals surface area contributed by atoms with Crippen molar-refractivity contribution in [2.24, 2.45) is 0 Å². The fourth-order valence-electron chi connectivity index (χ4n) is 2.16. The van der Waals surface area contributed by atoms with Crippen molar-refractivity contribution in [1.82, 2.24) is 0 Å². The minimum absolute atomic E-state index is 0. The SMILES string of the molecule is CCC[N-]CCC.CCC[N-]CCC.CCC[N-]CCC.C[Si](C)(C)[c-]1cccc1.[Zr+4]. The monoisotopic (exact) mass is 527 g/mol. The van der Waals surface area contributed by atoms with Gasteiger partial charge in [0.25, 0.3) is 0 Å². The van der Waals surface area contributed by atoms with E-state index in [0.717, 1.165) is 39.3 Å². The van der Waals surface area contributed by atoms with Gasteiger partial charge in [-0.1, -0.05) is 99.7 Å². The number of nitrogens with zero attached hydrogens (tertiary/aromatic N) is 3. The van der Waals surface area contributed by atoms with E-state index in [4.69, 9.17) is 0 Å². The second-order valence-electron chi connectivity index (χ2n) is 8.44. The van der Waals surface area contributed by atoms with Crippen molar-refractivity contribution in [3.63, 3.8) is 0 Å². The van der Waals surface area contributed by atoms with Crippen molar-refractivity contribution in [3.8, 4) is 0 Å². The van der Waals surface area contributed by atoms with Crippen molar-refractivity contribution in [3.05, 3.63) is 40.2 Å². The third kappa shape index (κ3) is 37.9. The van der Waals surface area contributed by atoms with E-state index in [-0.39, 0.29) is 26.2 Å². The minimum atomic E-state index is -0.981. The summed E-state index contributed by atoms with van der Waals surface area (Å²) in [6.45, 7) is 26.3. The Labute approximate surface area is 217 Å². The zero-order chi connectivity index (χ0) is 23.5. The van der Waals surface area contributed by atoms with Gasteiger partial charge in [-0.2, -0.15) is 17.3 Å². The van der Waals surface area contributed by atoms with Gasteiger partial charge in [0.2, 0.25) is 0 Å². The van der Waals surface area contributed by atoms with E-state index in [1.54, 1.807) is 5.19 Å². The molecule has 0 saturated carbocycles. The summed E-state index contributed by atoms with van der Waals surface area (Å²) in [5, 5.41) is 14.2. The second kappa shape index (κ2) is 32.5. The molecule has 0 bridgehead atoms. The topological polar surface area (TPSA) is 42.3 Å². The maximum Gasteiger partial charge on any atom is 4.00 e. The van der Waals surface area contributed by atoms with E-state index in [9.17, 15) is 0 Å². The van der Waals surface area contributed by atoms with Gasteiger partial charge in [0, 0.05) is 8.07 Å². The molecule has 0 saturated heterocycles. The predicted octanol–water partition coefficient (Wildman–Crippen LogP) is 8.49. The van der Waals surface area contributed by atoms with Gasteiger partial charge in [0.05, 0.1) is 0 Å². The molecule has 0 N–H and O–H groups in total. The summed E-state index contributed by atoms with van der Waals surface area (Å²) in [6.07, 6.45) is 7.17. The van der Waals surface area contributed by atoms with Crippen LogP contribution in [0.5, 0.6) is 0 Å². The quantitative estimate of drug-likeness (QED) is 0.140. The molecule has 182 valence electrons. The molecule has 0 radical (unpaired) electrons. The largest absolute Gasteiger partial charge is 4.00 e. The molecule has 0 aliphatic carbocycles. The second-order valence-corrected chi connectivity index (χ2v) is 13.5. The molecule has 0 amide bonds. The first kappa shape index (κ1) is 38.6. The van der Waals surface area contributed by atoms with E-state index in [2.05, 4.69) is 101 Å². The summed E-state index contributed by atoms with van der Waals surface area (Å²) in [5.74, 6) is 0. The molecular formula is C26H55N3SiZr. The first-order valence-corrected chi connectivity index (χ1v) is 16.0. The minimum Gasteiger partial charge on any atom is -0.662 e. The van der Waals surface area contributed by atoms with Crippen LogP contribution in [0.3, 0.4) is 0 Å². The van der Waals surface area contributed by atoms with Gasteiger partial charge in [0.1, 0.15) is 0 Å². The fourth-order valence-corrected chi connectivity index (χ4v) is 3.35. The van der Waals surface area contributed by atoms with Crippen LogP contribution in [0.15, 0.2) is 24.3 Å². The normalized spacial score (nSPS) is 9.84. The molecule has 1 aromatic carbocycles. The third-order valence-electron chi connectivity index (χ3n) is 3.82. The Kier molecular flexibility index (Phi) is 40.5. The van der Waals surface area contributed by atoms with Gasteiger partial charge in [-0.25, -0.2) is 12.1 Å². The Balaban J connectivity index is -0.000000156. The fraction of sp³-hybridized carbons (Fsp3) is 0.808. The van der Waals surface area contributed by atoms with Crippen LogP contribution in [0.4, 0.5) is 0 Å². The van der Waals surface area contributed by atoms with E-state index in [1.807, 2.05) is 0 Å². The van der Waals surface area contributed by atoms with Crippen molar-refractivity contribution in [2.75, 3.05) is 39.3 Å². The van der Waals surface area contributed by atoms with Gasteiger partial charge in [-0.15, -0.1) is 39.3 Å². The van der Waals surface area contributed by atoms with E-state index < -0.39 is 8.07 Å². The van der Waals surface area contributed by atoms with Gasteiger partial charge in [0.15, 0.2) is 0 Å². The Morgan fingerprint density at radius 2 is 0.742 bits per heavy atom. The van der Waals surface area contributed by atoms with E-state index >= 15 is 0 Å². The van der Waals surface area contributed by atoms with Crippen LogP contribution in [0.2, 0.25) is 19.6 Å². The molecule has 0 aliphatic heterocycles. The molecule has 0 unspecified atom stereocenters. The van der Waals surface area contributed by atoms with Gasteiger partial charge >= 0.3 is 26.2 Å². The Morgan fingerprint density at radius 1 is 0.516 bits per heavy atom. The average molecular weight is 529 g/mol. The van der Waals surface area contributed by atoms with E-state index in [1.165, 1.54) is 38.5 Å². The molecule has 0 aliphatic rings. The van der Waals surface area contributed by atoms with Crippen molar-refractivity contribution >= 4 is 13.3 Å². The van der Waals surface area contributed by atoms with Gasteiger partial charge in [-0.05, 0) is 0 Å². The summed E-state index contributed by atoms with van der Waals surface area (Å²) >= 11 is 0. The Hall–Kier alpha value is 0.330. The van der Waals surface area contributed by atoms with Crippen LogP contribution < -0.4 is 5.19 Å². The molecule has 5 heteroatoms. The molecule has 0 spiro atoms. The van der Waals surface area contributed by atoms with Crippen LogP contribution in [0, 0.1) is 0 Å². The Morgan fingerprint density at radius 3 is 0.871 bits per heavy atom. The molecule has 0 atom stereocenters. The van der Waals surface area contributed by atoms with Gasteiger partial charge < -0.3 is 16.0 Å². The summed E-state index contributed by atoms with van der Waals surface area (Å²) in [4.78, 5) is 0. The summed E-state index contributed by atoms with van der Waals surface area (Å²) in [7, 11) is -0.981. The maximum atomic E-state index is 4.21. The van der Waals surface area contributed by atoms with Crippen LogP contribution in [0.25, 0.3) is 16.0 Å². The van der Waals surface area contributed by atoms with Crippen LogP contribution >= 0.6 is 0 Å². The van der Waals surface area contributed by atoms with Gasteiger partial charge in [-0.3, -0.25) is 0 Å². The number of hydrogen-bond donors (Lipinski definition) is 0. The first-order chi connectivity index (χ1) is 14.3. The molecule has 1 aromatic rings. The van der Waals surface area contributed by atoms with Crippen LogP contribution in [0.1, 0.15) is 80.1 Å². The molecular weight excluding hydrogens is 474 g/mol. The van der Waals surface area contributed by atoms with Crippen molar-refractivity contribution in [1.29, 1.82) is 0 Å². The molecule has 0 heterocycles. The van der Waals surface area contributed by atoms with Crippen LogP contribution in [-0.2, 0) is 26.2 Å². The zero-order valence-electron chi connectivity index (χ0n) is 22.6. The smallest absolute Gasteiger partial charge is 0.662 e. The van der Waals surface area contributed by atoms with Crippen molar-refractivity contribution in [2.45, 2.75) is 99.7 Å². The van der Waals surface area contributed by atoms with E-state index in [0.29, 0.717) is 0 Å². The summed E-state index contributed by atoms with van der Waals surface area (Å²) in [6, 6.07) is 8.69. The van der Waals surface area contributed by atoms with Crippen molar-refractivity contribution < 1.29 is 26.2 Å². The molecule has 3 nitrogen and oxygen atoms in total. The first-order valence-electron chi connectivity index (χ1n) is 12.5. The summed E-state index contributed by atoms with van der Waals surface area (Å²) in [5.41, 5.74) is 0. The van der Waals surface area contributed by atoms with Crippen LogP contribution in [-0.4, -0.2) is 47.3 Å². The summed E-state index contributed by atoms with van der Waals surface area (Å²) < 4.78 is 0. The average Bonchev–Trinajstić information content (AvgIpc) is 3.26. The molecule has 31 heavy (non-hydrogen) atoms. The number of rotatable bonds is 13. The predicted molar refractivity (Wildman–Crippen MR) is 146 cm³/mol. The zero-order valence-corrected chi connectivity index (χ0v) is 26.1. The molecule has 1 rings (SSSR count). The third-order valence-corrected chi connectivity index (χ3v) is 5.88. The molecule has 0 aromatic heterocycles. The standard InChI is InChI=1S/C8H13Si.3C6H14N.Zr/c1-9(2,3)8-6-4-5-7-8;3*1-3-5-7-6-4-2;/h4-7H,1-3H3;3*3-6H2,1-2H3;/q4*-1;+4. The Bertz CT molecular complexity index is 343. The molecule has 0 fully saturated rings. The number of hydrogen-bond acceptors (Lipinski definition) is 0. The maximum absolute atomic E-state index is 4.21.